The van der Waals surface area contributed by atoms with Crippen molar-refractivity contribution >= 4 is 28.4 Å². The van der Waals surface area contributed by atoms with E-state index in [1.807, 2.05) is 30.3 Å². The summed E-state index contributed by atoms with van der Waals surface area (Å²) in [6.45, 7) is 4.20. The normalized spacial score (nSPS) is 35.5. The molecule has 7 atom stereocenters. The van der Waals surface area contributed by atoms with Crippen LogP contribution in [0.5, 0.6) is 0 Å². The Morgan fingerprint density at radius 2 is 1.94 bits per heavy atom. The Labute approximate surface area is 212 Å². The van der Waals surface area contributed by atoms with Crippen molar-refractivity contribution in [3.63, 3.8) is 0 Å². The van der Waals surface area contributed by atoms with Crippen LogP contribution in [0.4, 0.5) is 0 Å². The second-order valence-electron chi connectivity index (χ2n) is 11.9. The van der Waals surface area contributed by atoms with Gasteiger partial charge in [0.1, 0.15) is 11.8 Å². The van der Waals surface area contributed by atoms with Gasteiger partial charge in [-0.3, -0.25) is 4.79 Å². The number of carbonyl (C=O) groups is 2. The van der Waals surface area contributed by atoms with E-state index in [2.05, 4.69) is 23.1 Å². The van der Waals surface area contributed by atoms with E-state index in [9.17, 15) is 9.59 Å². The maximum absolute atomic E-state index is 12.6. The molecule has 0 amide bonds. The molecule has 3 fully saturated rings. The molecule has 0 aliphatic heterocycles. The van der Waals surface area contributed by atoms with Crippen LogP contribution < -0.4 is 5.73 Å². The number of H-pyrrole nitrogens is 1. The van der Waals surface area contributed by atoms with E-state index in [4.69, 9.17) is 10.6 Å². The van der Waals surface area contributed by atoms with Crippen LogP contribution in [0.15, 0.2) is 47.1 Å². The topological polar surface area (TPSA) is 97.5 Å². The highest BCUT2D eigenvalue weighted by molar-refractivity contribution is 5.96. The fourth-order valence-electron chi connectivity index (χ4n) is 8.48. The summed E-state index contributed by atoms with van der Waals surface area (Å²) in [6.07, 6.45) is 11.1. The number of carbonyl (C=O) groups excluding carboxylic acids is 2. The number of fused-ring (bicyclic) bond motifs is 6. The second-order valence-corrected chi connectivity index (χ2v) is 11.9. The maximum atomic E-state index is 12.6. The third kappa shape index (κ3) is 3.85. The molecule has 3 N–H and O–H groups in total. The zero-order valence-electron chi connectivity index (χ0n) is 21.3. The zero-order chi connectivity index (χ0) is 25.0. The van der Waals surface area contributed by atoms with Crippen molar-refractivity contribution in [1.29, 1.82) is 0 Å². The van der Waals surface area contributed by atoms with Crippen LogP contribution in [0.2, 0.25) is 0 Å². The molecule has 7 unspecified atom stereocenters. The van der Waals surface area contributed by atoms with Gasteiger partial charge in [0.2, 0.25) is 0 Å². The molecule has 190 valence electrons. The van der Waals surface area contributed by atoms with Gasteiger partial charge in [0, 0.05) is 17.1 Å². The van der Waals surface area contributed by atoms with Crippen molar-refractivity contribution < 1.29 is 14.4 Å². The minimum absolute atomic E-state index is 0.202. The number of para-hydroxylation sites is 1. The first-order valence-corrected chi connectivity index (χ1v) is 13.7. The molecule has 0 radical (unpaired) electrons. The number of allylic oxidation sites excluding steroid dienone is 2. The molecule has 4 aliphatic carbocycles. The number of Topliss-reactive ketones (excluding diaryl/α,β-unsaturated/α-hetero) is 1. The van der Waals surface area contributed by atoms with Gasteiger partial charge < -0.3 is 15.6 Å². The quantitative estimate of drug-likeness (QED) is 0.418. The van der Waals surface area contributed by atoms with E-state index in [0.717, 1.165) is 48.2 Å². The first-order chi connectivity index (χ1) is 17.3. The minimum Gasteiger partial charge on any atom is -0.357 e. The van der Waals surface area contributed by atoms with Gasteiger partial charge in [-0.15, -0.1) is 0 Å². The lowest BCUT2D eigenvalue weighted by Crippen LogP contribution is -2.47. The van der Waals surface area contributed by atoms with E-state index in [1.165, 1.54) is 31.3 Å². The molecule has 3 saturated carbocycles. The van der Waals surface area contributed by atoms with Crippen molar-refractivity contribution in [3.8, 4) is 0 Å². The summed E-state index contributed by atoms with van der Waals surface area (Å²) in [5.74, 6) is 2.85. The van der Waals surface area contributed by atoms with Gasteiger partial charge in [-0.1, -0.05) is 35.9 Å². The van der Waals surface area contributed by atoms with Crippen LogP contribution in [-0.2, 0) is 14.4 Å². The Balaban J connectivity index is 1.13. The molecule has 0 saturated heterocycles. The molecule has 6 nitrogen and oxygen atoms in total. The van der Waals surface area contributed by atoms with E-state index >= 15 is 0 Å². The Hall–Kier alpha value is -2.73. The molecule has 4 aliphatic rings. The highest BCUT2D eigenvalue weighted by Gasteiger charge is 2.57. The largest absolute Gasteiger partial charge is 0.357 e. The number of aromatic nitrogens is 1. The standard InChI is InChI=1S/C30H37N3O3/c1-17(34)24-11-12-25-23-9-7-18-15-20(8-10-21(18)22(23)13-14-30(24,25)2)33-36-29(35)28(31)27-16-19-5-3-4-6-26(19)32-27/h3-6,15-16,21-25,28,32H,7-14,31H2,1-2H3. The predicted molar refractivity (Wildman–Crippen MR) is 140 cm³/mol. The number of nitrogens with two attached hydrogens (primary N) is 1. The van der Waals surface area contributed by atoms with Crippen LogP contribution >= 0.6 is 0 Å². The maximum Gasteiger partial charge on any atom is 0.357 e. The monoisotopic (exact) mass is 487 g/mol. The summed E-state index contributed by atoms with van der Waals surface area (Å²) >= 11 is 0. The molecule has 0 spiro atoms. The second kappa shape index (κ2) is 8.98. The number of ketones is 1. The van der Waals surface area contributed by atoms with Crippen molar-refractivity contribution in [3.05, 3.63) is 47.7 Å². The Morgan fingerprint density at radius 3 is 2.75 bits per heavy atom. The molecule has 36 heavy (non-hydrogen) atoms. The summed E-state index contributed by atoms with van der Waals surface area (Å²) in [4.78, 5) is 33.5. The fraction of sp³-hybridized carbons (Fsp3) is 0.567. The van der Waals surface area contributed by atoms with Gasteiger partial charge in [0.25, 0.3) is 0 Å². The summed E-state index contributed by atoms with van der Waals surface area (Å²) in [7, 11) is 0. The van der Waals surface area contributed by atoms with E-state index in [1.54, 1.807) is 6.92 Å². The molecule has 1 heterocycles. The fourth-order valence-corrected chi connectivity index (χ4v) is 8.48. The summed E-state index contributed by atoms with van der Waals surface area (Å²) < 4.78 is 0. The molecular weight excluding hydrogens is 450 g/mol. The lowest BCUT2D eigenvalue weighted by Gasteiger charge is -2.53. The van der Waals surface area contributed by atoms with E-state index < -0.39 is 12.0 Å². The molecule has 6 heteroatoms. The number of hydrogen-bond acceptors (Lipinski definition) is 5. The number of oxime groups is 1. The molecule has 1 aromatic carbocycles. The van der Waals surface area contributed by atoms with Crippen LogP contribution in [0.1, 0.15) is 76.9 Å². The van der Waals surface area contributed by atoms with Crippen LogP contribution in [0, 0.1) is 35.0 Å². The van der Waals surface area contributed by atoms with Crippen LogP contribution in [0.3, 0.4) is 0 Å². The predicted octanol–water partition coefficient (Wildman–Crippen LogP) is 5.84. The molecule has 2 aromatic rings. The lowest BCUT2D eigenvalue weighted by molar-refractivity contribution is -0.145. The average molecular weight is 488 g/mol. The Morgan fingerprint density at radius 1 is 1.11 bits per heavy atom. The molecular formula is C30H37N3O3. The van der Waals surface area contributed by atoms with Crippen molar-refractivity contribution in [2.75, 3.05) is 0 Å². The van der Waals surface area contributed by atoms with Gasteiger partial charge in [0.15, 0.2) is 0 Å². The highest BCUT2D eigenvalue weighted by Crippen LogP contribution is 2.63. The first kappa shape index (κ1) is 23.7. The Kier molecular flexibility index (Phi) is 5.90. The number of nitrogens with zero attached hydrogens (tertiary/aromatic N) is 1. The molecule has 1 aromatic heterocycles. The first-order valence-electron chi connectivity index (χ1n) is 13.7. The minimum atomic E-state index is -0.900. The zero-order valence-corrected chi connectivity index (χ0v) is 21.3. The number of rotatable bonds is 4. The lowest BCUT2D eigenvalue weighted by atomic mass is 9.51. The summed E-state index contributed by atoms with van der Waals surface area (Å²) in [5, 5.41) is 5.24. The van der Waals surface area contributed by atoms with E-state index in [-0.39, 0.29) is 11.3 Å². The van der Waals surface area contributed by atoms with Crippen molar-refractivity contribution in [1.82, 2.24) is 4.98 Å². The van der Waals surface area contributed by atoms with Gasteiger partial charge in [-0.25, -0.2) is 4.79 Å². The summed E-state index contributed by atoms with van der Waals surface area (Å²) in [5.41, 5.74) is 10.3. The van der Waals surface area contributed by atoms with Crippen molar-refractivity contribution in [2.45, 2.75) is 71.3 Å². The number of nitrogens with one attached hydrogen (secondary N) is 1. The van der Waals surface area contributed by atoms with Gasteiger partial charge in [-0.2, -0.15) is 0 Å². The highest BCUT2D eigenvalue weighted by atomic mass is 16.7. The third-order valence-corrected chi connectivity index (χ3v) is 10.2. The number of aromatic amines is 1. The Bertz CT molecular complexity index is 1230. The van der Waals surface area contributed by atoms with Gasteiger partial charge >= 0.3 is 5.97 Å². The average Bonchev–Trinajstić information content (AvgIpc) is 3.47. The summed E-state index contributed by atoms with van der Waals surface area (Å²) in [6, 6.07) is 8.82. The molecule has 0 bridgehead atoms. The smallest absolute Gasteiger partial charge is 0.357 e. The molecule has 6 rings (SSSR count). The SMILES string of the molecule is CC(=O)C1CCC2C3CCC4=CC(=NOC(=O)C(N)c5cc6ccccc6[nH]5)CCC4C3CCC12C. The third-order valence-electron chi connectivity index (χ3n) is 10.2. The van der Waals surface area contributed by atoms with Crippen LogP contribution in [-0.4, -0.2) is 22.4 Å². The van der Waals surface area contributed by atoms with Gasteiger partial charge in [-0.05, 0) is 111 Å². The van der Waals surface area contributed by atoms with Crippen molar-refractivity contribution in [2.24, 2.45) is 45.9 Å². The van der Waals surface area contributed by atoms with E-state index in [0.29, 0.717) is 29.2 Å². The van der Waals surface area contributed by atoms with Crippen LogP contribution in [0.25, 0.3) is 10.9 Å². The number of benzene rings is 1. The number of hydrogen-bond donors (Lipinski definition) is 2. The van der Waals surface area contributed by atoms with Gasteiger partial charge in [0.05, 0.1) is 5.71 Å².